The van der Waals surface area contributed by atoms with Gasteiger partial charge >= 0.3 is 0 Å². The topological polar surface area (TPSA) is 40.5 Å². The largest absolute Gasteiger partial charge is 0.396 e. The Balaban J connectivity index is 2.33. The third-order valence-corrected chi connectivity index (χ3v) is 2.56. The van der Waals surface area contributed by atoms with Gasteiger partial charge in [0.05, 0.1) is 6.10 Å². The van der Waals surface area contributed by atoms with E-state index < -0.39 is 6.10 Å². The van der Waals surface area contributed by atoms with Crippen LogP contribution in [0.2, 0.25) is 0 Å². The molecule has 1 aromatic carbocycles. The molecule has 0 aliphatic carbocycles. The Morgan fingerprint density at radius 3 is 2.38 bits per heavy atom. The zero-order valence-corrected chi connectivity index (χ0v) is 9.71. The average molecular weight is 220 g/mol. The number of benzene rings is 1. The van der Waals surface area contributed by atoms with Gasteiger partial charge in [-0.15, -0.1) is 0 Å². The molecule has 16 heavy (non-hydrogen) atoms. The second-order valence-electron chi connectivity index (χ2n) is 4.16. The second kappa shape index (κ2) is 7.20. The number of allylic oxidation sites excluding steroid dienone is 1. The molecule has 0 saturated carbocycles. The van der Waals surface area contributed by atoms with Crippen LogP contribution in [0.4, 0.5) is 0 Å². The molecule has 0 aliphatic heterocycles. The van der Waals surface area contributed by atoms with Gasteiger partial charge < -0.3 is 10.2 Å². The SMILES string of the molecule is C[C@@H](CO)C/C=C\C[C@@H](O)c1ccccc1. The average Bonchev–Trinajstić information content (AvgIpc) is 2.35. The predicted octanol–water partition coefficient (Wildman–Crippen LogP) is 2.68. The van der Waals surface area contributed by atoms with Gasteiger partial charge in [0, 0.05) is 6.61 Å². The molecule has 2 atom stereocenters. The Kier molecular flexibility index (Phi) is 5.83. The van der Waals surface area contributed by atoms with Crippen LogP contribution in [-0.2, 0) is 0 Å². The maximum absolute atomic E-state index is 9.84. The first-order chi connectivity index (χ1) is 7.74. The molecule has 1 aromatic rings. The van der Waals surface area contributed by atoms with Crippen LogP contribution in [-0.4, -0.2) is 16.8 Å². The van der Waals surface area contributed by atoms with Crippen molar-refractivity contribution in [3.8, 4) is 0 Å². The van der Waals surface area contributed by atoms with Gasteiger partial charge in [0.25, 0.3) is 0 Å². The molecule has 0 heterocycles. The van der Waals surface area contributed by atoms with Crippen LogP contribution >= 0.6 is 0 Å². The van der Waals surface area contributed by atoms with Crippen molar-refractivity contribution >= 4 is 0 Å². The summed E-state index contributed by atoms with van der Waals surface area (Å²) in [4.78, 5) is 0. The van der Waals surface area contributed by atoms with Crippen molar-refractivity contribution in [2.24, 2.45) is 5.92 Å². The molecule has 0 spiro atoms. The Hall–Kier alpha value is -1.12. The van der Waals surface area contributed by atoms with E-state index in [1.54, 1.807) is 0 Å². The van der Waals surface area contributed by atoms with Gasteiger partial charge in [-0.2, -0.15) is 0 Å². The highest BCUT2D eigenvalue weighted by molar-refractivity contribution is 5.17. The van der Waals surface area contributed by atoms with E-state index in [9.17, 15) is 5.11 Å². The first-order valence-corrected chi connectivity index (χ1v) is 5.73. The lowest BCUT2D eigenvalue weighted by Gasteiger charge is -2.08. The lowest BCUT2D eigenvalue weighted by molar-refractivity contribution is 0.181. The van der Waals surface area contributed by atoms with Gasteiger partial charge in [0.1, 0.15) is 0 Å². The van der Waals surface area contributed by atoms with Crippen molar-refractivity contribution in [3.63, 3.8) is 0 Å². The predicted molar refractivity (Wildman–Crippen MR) is 66.0 cm³/mol. The standard InChI is InChI=1S/C14H20O2/c1-12(11-15)7-5-6-10-14(16)13-8-3-2-4-9-13/h2-6,8-9,12,14-16H,7,10-11H2,1H3/b6-5-/t12-,14-/m1/s1. The Bertz CT molecular complexity index is 306. The Morgan fingerprint density at radius 2 is 1.75 bits per heavy atom. The van der Waals surface area contributed by atoms with E-state index in [1.807, 2.05) is 49.4 Å². The molecule has 0 bridgehead atoms. The van der Waals surface area contributed by atoms with Gasteiger partial charge in [-0.1, -0.05) is 49.4 Å². The van der Waals surface area contributed by atoms with Crippen LogP contribution in [0.1, 0.15) is 31.4 Å². The highest BCUT2D eigenvalue weighted by Gasteiger charge is 2.03. The summed E-state index contributed by atoms with van der Waals surface area (Å²) in [6.07, 6.45) is 5.05. The van der Waals surface area contributed by atoms with Crippen LogP contribution in [0.3, 0.4) is 0 Å². The fourth-order valence-corrected chi connectivity index (χ4v) is 1.44. The molecule has 0 aliphatic rings. The van der Waals surface area contributed by atoms with Crippen molar-refractivity contribution in [2.75, 3.05) is 6.61 Å². The molecule has 0 amide bonds. The fourth-order valence-electron chi connectivity index (χ4n) is 1.44. The van der Waals surface area contributed by atoms with Crippen LogP contribution in [0.25, 0.3) is 0 Å². The second-order valence-corrected chi connectivity index (χ2v) is 4.16. The summed E-state index contributed by atoms with van der Waals surface area (Å²) >= 11 is 0. The van der Waals surface area contributed by atoms with E-state index >= 15 is 0 Å². The highest BCUT2D eigenvalue weighted by atomic mass is 16.3. The van der Waals surface area contributed by atoms with Crippen molar-refractivity contribution in [2.45, 2.75) is 25.9 Å². The number of aliphatic hydroxyl groups is 2. The fraction of sp³-hybridized carbons (Fsp3) is 0.429. The molecule has 0 saturated heterocycles. The van der Waals surface area contributed by atoms with Crippen molar-refractivity contribution in [1.82, 2.24) is 0 Å². The number of hydrogen-bond donors (Lipinski definition) is 2. The zero-order chi connectivity index (χ0) is 11.8. The minimum atomic E-state index is -0.429. The third kappa shape index (κ3) is 4.60. The van der Waals surface area contributed by atoms with Gasteiger partial charge in [-0.05, 0) is 24.3 Å². The molecule has 2 nitrogen and oxygen atoms in total. The highest BCUT2D eigenvalue weighted by Crippen LogP contribution is 2.16. The molecular weight excluding hydrogens is 200 g/mol. The molecule has 0 radical (unpaired) electrons. The summed E-state index contributed by atoms with van der Waals surface area (Å²) in [5.41, 5.74) is 0.947. The zero-order valence-electron chi connectivity index (χ0n) is 9.71. The van der Waals surface area contributed by atoms with E-state index in [0.29, 0.717) is 12.3 Å². The minimum absolute atomic E-state index is 0.214. The van der Waals surface area contributed by atoms with Crippen molar-refractivity contribution in [3.05, 3.63) is 48.0 Å². The first kappa shape index (κ1) is 12.9. The Morgan fingerprint density at radius 1 is 1.12 bits per heavy atom. The van der Waals surface area contributed by atoms with E-state index in [1.165, 1.54) is 0 Å². The maximum atomic E-state index is 9.84. The molecule has 0 unspecified atom stereocenters. The van der Waals surface area contributed by atoms with Crippen LogP contribution in [0, 0.1) is 5.92 Å². The normalized spacial score (nSPS) is 15.2. The number of rotatable bonds is 6. The monoisotopic (exact) mass is 220 g/mol. The smallest absolute Gasteiger partial charge is 0.0824 e. The lowest BCUT2D eigenvalue weighted by Crippen LogP contribution is -1.98. The summed E-state index contributed by atoms with van der Waals surface area (Å²) in [6.45, 7) is 2.21. The van der Waals surface area contributed by atoms with Crippen molar-refractivity contribution < 1.29 is 10.2 Å². The summed E-state index contributed by atoms with van der Waals surface area (Å²) in [7, 11) is 0. The van der Waals surface area contributed by atoms with Crippen LogP contribution < -0.4 is 0 Å². The minimum Gasteiger partial charge on any atom is -0.396 e. The summed E-state index contributed by atoms with van der Waals surface area (Å²) < 4.78 is 0. The van der Waals surface area contributed by atoms with E-state index in [4.69, 9.17) is 5.11 Å². The maximum Gasteiger partial charge on any atom is 0.0824 e. The first-order valence-electron chi connectivity index (χ1n) is 5.73. The summed E-state index contributed by atoms with van der Waals surface area (Å²) in [6, 6.07) is 9.64. The Labute approximate surface area is 97.2 Å². The van der Waals surface area contributed by atoms with Crippen molar-refractivity contribution in [1.29, 1.82) is 0 Å². The molecule has 1 rings (SSSR count). The molecule has 0 aromatic heterocycles. The summed E-state index contributed by atoms with van der Waals surface area (Å²) in [5, 5.41) is 18.7. The van der Waals surface area contributed by atoms with E-state index in [0.717, 1.165) is 12.0 Å². The third-order valence-electron chi connectivity index (χ3n) is 2.56. The molecule has 88 valence electrons. The van der Waals surface area contributed by atoms with Gasteiger partial charge in [0.2, 0.25) is 0 Å². The molecular formula is C14H20O2. The number of hydrogen-bond acceptors (Lipinski definition) is 2. The van der Waals surface area contributed by atoms with Gasteiger partial charge in [-0.25, -0.2) is 0 Å². The molecule has 2 heteroatoms. The summed E-state index contributed by atoms with van der Waals surface area (Å²) in [5.74, 6) is 0.296. The van der Waals surface area contributed by atoms with Gasteiger partial charge in [0.15, 0.2) is 0 Å². The van der Waals surface area contributed by atoms with Crippen LogP contribution in [0.15, 0.2) is 42.5 Å². The molecule has 0 fully saturated rings. The van der Waals surface area contributed by atoms with Gasteiger partial charge in [-0.3, -0.25) is 0 Å². The van der Waals surface area contributed by atoms with E-state index in [2.05, 4.69) is 0 Å². The molecule has 2 N–H and O–H groups in total. The number of aliphatic hydroxyl groups excluding tert-OH is 2. The quantitative estimate of drug-likeness (QED) is 0.724. The lowest BCUT2D eigenvalue weighted by atomic mass is 10.1. The van der Waals surface area contributed by atoms with Crippen LogP contribution in [0.5, 0.6) is 0 Å². The van der Waals surface area contributed by atoms with E-state index in [-0.39, 0.29) is 6.61 Å².